The molecule has 7 nitrogen and oxygen atoms in total. The lowest BCUT2D eigenvalue weighted by molar-refractivity contribution is -0.116. The smallest absolute Gasteiger partial charge is 0.226 e. The molecule has 1 amide bonds. The van der Waals surface area contributed by atoms with Crippen molar-refractivity contribution >= 4 is 33.4 Å². The van der Waals surface area contributed by atoms with Gasteiger partial charge < -0.3 is 5.32 Å². The number of anilines is 1. The average molecular weight is 427 g/mol. The zero-order valence-corrected chi connectivity index (χ0v) is 19.1. The summed E-state index contributed by atoms with van der Waals surface area (Å²) in [6.07, 6.45) is 4.94. The van der Waals surface area contributed by atoms with Crippen LogP contribution in [0, 0.1) is 20.8 Å². The number of carbonyl (C=O) groups excluding carboxylic acids is 1. The second-order valence-electron chi connectivity index (χ2n) is 8.24. The second kappa shape index (κ2) is 8.81. The maximum Gasteiger partial charge on any atom is 0.226 e. The number of amides is 1. The van der Waals surface area contributed by atoms with E-state index in [1.807, 2.05) is 25.6 Å². The predicted molar refractivity (Wildman–Crippen MR) is 121 cm³/mol. The van der Waals surface area contributed by atoms with E-state index >= 15 is 0 Å². The average Bonchev–Trinajstić information content (AvgIpc) is 3.25. The van der Waals surface area contributed by atoms with Crippen molar-refractivity contribution in [3.63, 3.8) is 0 Å². The highest BCUT2D eigenvalue weighted by atomic mass is 32.1. The monoisotopic (exact) mass is 426 g/mol. The Morgan fingerprint density at radius 2 is 1.90 bits per heavy atom. The van der Waals surface area contributed by atoms with Crippen molar-refractivity contribution in [2.75, 3.05) is 18.4 Å². The maximum atomic E-state index is 12.6. The van der Waals surface area contributed by atoms with Crippen LogP contribution in [-0.2, 0) is 24.8 Å². The molecule has 4 rings (SSSR count). The quantitative estimate of drug-likeness (QED) is 0.647. The Kier molecular flexibility index (Phi) is 6.15. The van der Waals surface area contributed by atoms with Gasteiger partial charge in [0.25, 0.3) is 0 Å². The lowest BCUT2D eigenvalue weighted by Gasteiger charge is -2.25. The molecule has 0 radical (unpaired) electrons. The summed E-state index contributed by atoms with van der Waals surface area (Å²) in [5, 5.41) is 11.3. The number of thiazole rings is 1. The van der Waals surface area contributed by atoms with Gasteiger partial charge >= 0.3 is 0 Å². The molecular weight excluding hydrogens is 396 g/mol. The molecule has 0 saturated carbocycles. The SMILES string of the molecule is Cc1nc2c(c(C)nn2C)c(C)c1CCC(=O)Nc1nc(CN2CCCCC2)cs1. The molecule has 3 aromatic rings. The molecule has 4 heterocycles. The third kappa shape index (κ3) is 4.39. The van der Waals surface area contributed by atoms with Gasteiger partial charge in [0.15, 0.2) is 10.8 Å². The van der Waals surface area contributed by atoms with Gasteiger partial charge in [0.1, 0.15) is 0 Å². The number of aryl methyl sites for hydroxylation is 4. The summed E-state index contributed by atoms with van der Waals surface area (Å²) in [5.74, 6) is -0.00400. The van der Waals surface area contributed by atoms with Gasteiger partial charge in [-0.3, -0.25) is 14.4 Å². The number of hydrogen-bond donors (Lipinski definition) is 1. The van der Waals surface area contributed by atoms with Gasteiger partial charge in [-0.25, -0.2) is 9.97 Å². The summed E-state index contributed by atoms with van der Waals surface area (Å²) in [4.78, 5) is 24.3. The molecule has 1 saturated heterocycles. The maximum absolute atomic E-state index is 12.6. The van der Waals surface area contributed by atoms with Crippen molar-refractivity contribution < 1.29 is 4.79 Å². The molecule has 0 aliphatic carbocycles. The number of nitrogens with one attached hydrogen (secondary N) is 1. The molecule has 0 aromatic carbocycles. The Morgan fingerprint density at radius 1 is 1.13 bits per heavy atom. The van der Waals surface area contributed by atoms with E-state index in [-0.39, 0.29) is 5.91 Å². The minimum Gasteiger partial charge on any atom is -0.302 e. The molecule has 1 aliphatic heterocycles. The van der Waals surface area contributed by atoms with Gasteiger partial charge in [-0.2, -0.15) is 5.10 Å². The molecule has 0 spiro atoms. The van der Waals surface area contributed by atoms with Crippen LogP contribution in [0.25, 0.3) is 11.0 Å². The normalized spacial score (nSPS) is 15.1. The number of likely N-dealkylation sites (tertiary alicyclic amines) is 1. The third-order valence-corrected chi connectivity index (χ3v) is 6.77. The number of nitrogens with zero attached hydrogens (tertiary/aromatic N) is 5. The van der Waals surface area contributed by atoms with Gasteiger partial charge in [0.2, 0.25) is 5.91 Å². The first-order valence-electron chi connectivity index (χ1n) is 10.7. The highest BCUT2D eigenvalue weighted by Gasteiger charge is 2.17. The van der Waals surface area contributed by atoms with Gasteiger partial charge in [-0.05, 0) is 64.3 Å². The van der Waals surface area contributed by atoms with E-state index in [0.717, 1.165) is 53.3 Å². The first kappa shape index (κ1) is 20.9. The lowest BCUT2D eigenvalue weighted by atomic mass is 9.99. The summed E-state index contributed by atoms with van der Waals surface area (Å²) in [6, 6.07) is 0. The van der Waals surface area contributed by atoms with E-state index in [4.69, 9.17) is 4.98 Å². The minimum atomic E-state index is -0.00400. The summed E-state index contributed by atoms with van der Waals surface area (Å²) in [6.45, 7) is 9.29. The summed E-state index contributed by atoms with van der Waals surface area (Å²) in [7, 11) is 1.92. The third-order valence-electron chi connectivity index (χ3n) is 5.96. The topological polar surface area (TPSA) is 75.9 Å². The molecule has 0 atom stereocenters. The number of rotatable bonds is 6. The van der Waals surface area contributed by atoms with Crippen LogP contribution in [0.5, 0.6) is 0 Å². The van der Waals surface area contributed by atoms with Crippen molar-refractivity contribution in [3.05, 3.63) is 33.6 Å². The number of aromatic nitrogens is 4. The van der Waals surface area contributed by atoms with Crippen LogP contribution in [0.3, 0.4) is 0 Å². The molecule has 30 heavy (non-hydrogen) atoms. The number of carbonyl (C=O) groups is 1. The van der Waals surface area contributed by atoms with E-state index in [2.05, 4.69) is 32.6 Å². The predicted octanol–water partition coefficient (Wildman–Crippen LogP) is 3.91. The minimum absolute atomic E-state index is 0.00400. The van der Waals surface area contributed by atoms with Crippen molar-refractivity contribution in [2.24, 2.45) is 7.05 Å². The number of pyridine rings is 1. The Morgan fingerprint density at radius 3 is 2.67 bits per heavy atom. The summed E-state index contributed by atoms with van der Waals surface area (Å²) < 4.78 is 1.82. The molecule has 3 aromatic heterocycles. The second-order valence-corrected chi connectivity index (χ2v) is 9.10. The Hall–Kier alpha value is -2.32. The van der Waals surface area contributed by atoms with Gasteiger partial charge in [-0.1, -0.05) is 6.42 Å². The highest BCUT2D eigenvalue weighted by molar-refractivity contribution is 7.13. The molecule has 0 unspecified atom stereocenters. The molecular formula is C22H30N6OS. The summed E-state index contributed by atoms with van der Waals surface area (Å²) >= 11 is 1.51. The van der Waals surface area contributed by atoms with Gasteiger partial charge in [0, 0.05) is 36.5 Å². The molecule has 1 fully saturated rings. The van der Waals surface area contributed by atoms with Crippen LogP contribution in [0.15, 0.2) is 5.38 Å². The summed E-state index contributed by atoms with van der Waals surface area (Å²) in [5.41, 5.74) is 6.21. The van der Waals surface area contributed by atoms with E-state index in [0.29, 0.717) is 18.0 Å². The largest absolute Gasteiger partial charge is 0.302 e. The Labute approximate surface area is 181 Å². The van der Waals surface area contributed by atoms with Crippen molar-refractivity contribution in [1.82, 2.24) is 24.6 Å². The van der Waals surface area contributed by atoms with Crippen LogP contribution < -0.4 is 5.32 Å². The molecule has 160 valence electrons. The van der Waals surface area contributed by atoms with E-state index in [1.54, 1.807) is 0 Å². The van der Waals surface area contributed by atoms with E-state index < -0.39 is 0 Å². The van der Waals surface area contributed by atoms with Crippen LogP contribution in [0.4, 0.5) is 5.13 Å². The fourth-order valence-electron chi connectivity index (χ4n) is 4.43. The first-order valence-corrected chi connectivity index (χ1v) is 11.6. The standard InChI is InChI=1S/C22H30N6OS/c1-14-18(15(2)23-21-20(14)16(3)26-27(21)4)8-9-19(29)25-22-24-17(13-30-22)12-28-10-6-5-7-11-28/h13H,5-12H2,1-4H3,(H,24,25,29). The number of hydrogen-bond acceptors (Lipinski definition) is 6. The van der Waals surface area contributed by atoms with Crippen LogP contribution in [0.2, 0.25) is 0 Å². The highest BCUT2D eigenvalue weighted by Crippen LogP contribution is 2.26. The van der Waals surface area contributed by atoms with E-state index in [1.165, 1.54) is 36.2 Å². The van der Waals surface area contributed by atoms with Crippen LogP contribution in [0.1, 0.15) is 53.9 Å². The molecule has 0 bridgehead atoms. The van der Waals surface area contributed by atoms with Gasteiger partial charge in [-0.15, -0.1) is 11.3 Å². The fraction of sp³-hybridized carbons (Fsp3) is 0.545. The van der Waals surface area contributed by atoms with Crippen LogP contribution >= 0.6 is 11.3 Å². The van der Waals surface area contributed by atoms with Crippen molar-refractivity contribution in [2.45, 2.75) is 59.4 Å². The van der Waals surface area contributed by atoms with E-state index in [9.17, 15) is 4.79 Å². The van der Waals surface area contributed by atoms with Crippen molar-refractivity contribution in [3.8, 4) is 0 Å². The fourth-order valence-corrected chi connectivity index (χ4v) is 5.15. The van der Waals surface area contributed by atoms with Crippen molar-refractivity contribution in [1.29, 1.82) is 0 Å². The molecule has 1 N–H and O–H groups in total. The number of fused-ring (bicyclic) bond motifs is 1. The lowest BCUT2D eigenvalue weighted by Crippen LogP contribution is -2.29. The number of piperidine rings is 1. The Balaban J connectivity index is 1.38. The molecule has 1 aliphatic rings. The first-order chi connectivity index (χ1) is 14.4. The zero-order valence-electron chi connectivity index (χ0n) is 18.3. The molecule has 8 heteroatoms. The Bertz CT molecular complexity index is 1060. The zero-order chi connectivity index (χ0) is 21.3. The van der Waals surface area contributed by atoms with Crippen LogP contribution in [-0.4, -0.2) is 43.6 Å². The van der Waals surface area contributed by atoms with Gasteiger partial charge in [0.05, 0.1) is 11.4 Å².